The third-order valence-corrected chi connectivity index (χ3v) is 3.65. The summed E-state index contributed by atoms with van der Waals surface area (Å²) < 4.78 is 4.57. The first-order chi connectivity index (χ1) is 9.75. The van der Waals surface area contributed by atoms with Crippen LogP contribution in [-0.2, 0) is 9.53 Å². The molecule has 1 atom stereocenters. The maximum absolute atomic E-state index is 11.1. The molecule has 0 saturated carbocycles. The molecule has 118 valence electrons. The Morgan fingerprint density at radius 3 is 2.43 bits per heavy atom. The highest BCUT2D eigenvalue weighted by Gasteiger charge is 2.30. The summed E-state index contributed by atoms with van der Waals surface area (Å²) in [6.07, 6.45) is 6.35. The van der Waals surface area contributed by atoms with E-state index in [4.69, 9.17) is 5.26 Å². The van der Waals surface area contributed by atoms with Crippen molar-refractivity contribution in [1.82, 2.24) is 0 Å². The summed E-state index contributed by atoms with van der Waals surface area (Å²) in [5, 5.41) is 19.2. The van der Waals surface area contributed by atoms with E-state index >= 15 is 0 Å². The molecule has 0 saturated heterocycles. The van der Waals surface area contributed by atoms with E-state index in [2.05, 4.69) is 10.8 Å². The molecule has 1 N–H and O–H groups in total. The van der Waals surface area contributed by atoms with Gasteiger partial charge in [-0.25, -0.2) is 4.79 Å². The molecule has 0 amide bonds. The quantitative estimate of drug-likeness (QED) is 0.322. The molecule has 0 spiro atoms. The van der Waals surface area contributed by atoms with Gasteiger partial charge in [-0.05, 0) is 45.4 Å². The molecule has 0 aromatic carbocycles. The molecule has 1 unspecified atom stereocenters. The zero-order valence-corrected chi connectivity index (χ0v) is 13.8. The van der Waals surface area contributed by atoms with Crippen LogP contribution in [0, 0.1) is 17.2 Å². The fraction of sp³-hybridized carbons (Fsp3) is 0.647. The molecule has 0 aliphatic carbocycles. The van der Waals surface area contributed by atoms with Crippen LogP contribution in [0.5, 0.6) is 0 Å². The monoisotopic (exact) mass is 293 g/mol. The molecule has 0 aliphatic rings. The fourth-order valence-corrected chi connectivity index (χ4v) is 1.84. The number of nitriles is 1. The normalized spacial score (nSPS) is 15.5. The van der Waals surface area contributed by atoms with E-state index < -0.39 is 5.60 Å². The van der Waals surface area contributed by atoms with Crippen LogP contribution in [0.4, 0.5) is 0 Å². The van der Waals surface area contributed by atoms with Crippen LogP contribution in [0.15, 0.2) is 23.3 Å². The third kappa shape index (κ3) is 7.67. The Balaban J connectivity index is 4.31. The summed E-state index contributed by atoms with van der Waals surface area (Å²) in [7, 11) is 1.36. The molecule has 0 rings (SSSR count). The van der Waals surface area contributed by atoms with Crippen molar-refractivity contribution in [2.45, 2.75) is 59.0 Å². The lowest BCUT2D eigenvalue weighted by Gasteiger charge is -2.24. The number of rotatable bonds is 8. The number of esters is 1. The van der Waals surface area contributed by atoms with Crippen LogP contribution in [0.2, 0.25) is 0 Å². The van der Waals surface area contributed by atoms with E-state index in [0.29, 0.717) is 12.8 Å². The van der Waals surface area contributed by atoms with Crippen molar-refractivity contribution in [2.24, 2.45) is 5.92 Å². The molecule has 0 aromatic heterocycles. The highest BCUT2D eigenvalue weighted by atomic mass is 16.5. The first-order valence-electron chi connectivity index (χ1n) is 7.29. The van der Waals surface area contributed by atoms with E-state index in [1.165, 1.54) is 13.2 Å². The second kappa shape index (κ2) is 9.36. The Morgan fingerprint density at radius 1 is 1.33 bits per heavy atom. The van der Waals surface area contributed by atoms with Gasteiger partial charge in [0.2, 0.25) is 0 Å². The zero-order valence-electron chi connectivity index (χ0n) is 13.8. The lowest BCUT2D eigenvalue weighted by molar-refractivity contribution is -0.134. The van der Waals surface area contributed by atoms with Crippen molar-refractivity contribution < 1.29 is 14.6 Å². The highest BCUT2D eigenvalue weighted by Crippen LogP contribution is 2.24. The lowest BCUT2D eigenvalue weighted by atomic mass is 9.86. The summed E-state index contributed by atoms with van der Waals surface area (Å²) in [5.41, 5.74) is 0.868. The van der Waals surface area contributed by atoms with Gasteiger partial charge in [-0.1, -0.05) is 31.1 Å². The zero-order chi connectivity index (χ0) is 16.5. The summed E-state index contributed by atoms with van der Waals surface area (Å²) in [6, 6.07) is 2.00. The van der Waals surface area contributed by atoms with Crippen molar-refractivity contribution >= 4 is 5.97 Å². The van der Waals surface area contributed by atoms with Gasteiger partial charge >= 0.3 is 5.97 Å². The summed E-state index contributed by atoms with van der Waals surface area (Å²) in [6.45, 7) is 7.59. The van der Waals surface area contributed by atoms with Crippen LogP contribution in [-0.4, -0.2) is 23.8 Å². The van der Waals surface area contributed by atoms with E-state index in [1.807, 2.05) is 33.8 Å². The predicted molar refractivity (Wildman–Crippen MR) is 83.4 cm³/mol. The summed E-state index contributed by atoms with van der Waals surface area (Å²) >= 11 is 0. The van der Waals surface area contributed by atoms with E-state index in [9.17, 15) is 9.90 Å². The first-order valence-corrected chi connectivity index (χ1v) is 7.29. The second-order valence-electron chi connectivity index (χ2n) is 5.79. The summed E-state index contributed by atoms with van der Waals surface area (Å²) in [4.78, 5) is 11.1. The standard InChI is InChI=1S/C17H27NO3/c1-13(2)17(20,12-18)10-9-14(3)7-6-8-15(4)11-16(19)21-5/h7,11,13,20H,6,8-10H2,1-5H3/b14-7+,15-11+. The molecule has 4 nitrogen and oxygen atoms in total. The number of nitrogens with zero attached hydrogens (tertiary/aromatic N) is 1. The van der Waals surface area contributed by atoms with Gasteiger partial charge in [-0.3, -0.25) is 0 Å². The summed E-state index contributed by atoms with van der Waals surface area (Å²) in [5.74, 6) is -0.412. The van der Waals surface area contributed by atoms with E-state index in [0.717, 1.165) is 24.0 Å². The van der Waals surface area contributed by atoms with Gasteiger partial charge in [-0.15, -0.1) is 0 Å². The van der Waals surface area contributed by atoms with Crippen LogP contribution < -0.4 is 0 Å². The molecule has 0 aromatic rings. The average molecular weight is 293 g/mol. The minimum Gasteiger partial charge on any atom is -0.466 e. The smallest absolute Gasteiger partial charge is 0.330 e. The minimum absolute atomic E-state index is 0.0828. The molecule has 0 bridgehead atoms. The van der Waals surface area contributed by atoms with E-state index in [1.54, 1.807) is 0 Å². The topological polar surface area (TPSA) is 70.3 Å². The van der Waals surface area contributed by atoms with Gasteiger partial charge in [0.25, 0.3) is 0 Å². The molecular weight excluding hydrogens is 266 g/mol. The number of carbonyl (C=O) groups excluding carboxylic acids is 1. The van der Waals surface area contributed by atoms with Crippen molar-refractivity contribution in [2.75, 3.05) is 7.11 Å². The van der Waals surface area contributed by atoms with Gasteiger partial charge in [0.1, 0.15) is 0 Å². The Kier molecular flexibility index (Phi) is 8.64. The van der Waals surface area contributed by atoms with Gasteiger partial charge in [0.15, 0.2) is 5.60 Å². The number of hydrogen-bond donors (Lipinski definition) is 1. The van der Waals surface area contributed by atoms with Gasteiger partial charge in [0, 0.05) is 6.08 Å². The van der Waals surface area contributed by atoms with Crippen molar-refractivity contribution in [1.29, 1.82) is 5.26 Å². The largest absolute Gasteiger partial charge is 0.466 e. The molecule has 0 heterocycles. The number of allylic oxidation sites excluding steroid dienone is 3. The van der Waals surface area contributed by atoms with Gasteiger partial charge in [-0.2, -0.15) is 5.26 Å². The fourth-order valence-electron chi connectivity index (χ4n) is 1.84. The number of ether oxygens (including phenoxy) is 1. The number of carbonyl (C=O) groups is 1. The lowest BCUT2D eigenvalue weighted by Crippen LogP contribution is -2.32. The van der Waals surface area contributed by atoms with Crippen LogP contribution in [0.3, 0.4) is 0 Å². The maximum Gasteiger partial charge on any atom is 0.330 e. The number of hydrogen-bond acceptors (Lipinski definition) is 4. The maximum atomic E-state index is 11.1. The Labute approximate surface area is 128 Å². The van der Waals surface area contributed by atoms with Gasteiger partial charge < -0.3 is 9.84 Å². The molecule has 0 aliphatic heterocycles. The Morgan fingerprint density at radius 2 is 1.95 bits per heavy atom. The molecule has 21 heavy (non-hydrogen) atoms. The average Bonchev–Trinajstić information content (AvgIpc) is 2.44. The molecule has 4 heteroatoms. The highest BCUT2D eigenvalue weighted by molar-refractivity contribution is 5.82. The van der Waals surface area contributed by atoms with Gasteiger partial charge in [0.05, 0.1) is 13.2 Å². The predicted octanol–water partition coefficient (Wildman–Crippen LogP) is 3.52. The van der Waals surface area contributed by atoms with Crippen LogP contribution in [0.25, 0.3) is 0 Å². The van der Waals surface area contributed by atoms with Crippen molar-refractivity contribution in [3.05, 3.63) is 23.3 Å². The van der Waals surface area contributed by atoms with E-state index in [-0.39, 0.29) is 11.9 Å². The first kappa shape index (κ1) is 19.4. The van der Waals surface area contributed by atoms with Crippen molar-refractivity contribution in [3.8, 4) is 6.07 Å². The minimum atomic E-state index is -1.25. The van der Waals surface area contributed by atoms with Crippen molar-refractivity contribution in [3.63, 3.8) is 0 Å². The molecule has 0 radical (unpaired) electrons. The molecular formula is C17H27NO3. The number of methoxy groups -OCH3 is 1. The SMILES string of the molecule is COC(=O)/C=C(\C)CC/C=C(\C)CCC(O)(C#N)C(C)C. The van der Waals surface area contributed by atoms with Crippen LogP contribution >= 0.6 is 0 Å². The third-order valence-electron chi connectivity index (χ3n) is 3.65. The molecule has 0 fully saturated rings. The Hall–Kier alpha value is -1.60. The number of aliphatic hydroxyl groups is 1. The van der Waals surface area contributed by atoms with Crippen LogP contribution in [0.1, 0.15) is 53.4 Å². The Bertz CT molecular complexity index is 443. The second-order valence-corrected chi connectivity index (χ2v) is 5.79.